The van der Waals surface area contributed by atoms with E-state index >= 15 is 0 Å². The predicted molar refractivity (Wildman–Crippen MR) is 123 cm³/mol. The SMILES string of the molecule is Cc1cc([C@@H](C)Nc2ccc(Cl)nc2C)c2oc(-c3ccccc3)c(C)c(=O)c2c1. The van der Waals surface area contributed by atoms with Crippen molar-refractivity contribution in [2.45, 2.75) is 33.7 Å². The van der Waals surface area contributed by atoms with Crippen LogP contribution in [-0.4, -0.2) is 4.98 Å². The fraction of sp³-hybridized carbons (Fsp3) is 0.200. The minimum atomic E-state index is -0.108. The molecule has 0 spiro atoms. The Morgan fingerprint density at radius 3 is 2.47 bits per heavy atom. The van der Waals surface area contributed by atoms with Gasteiger partial charge in [0.15, 0.2) is 5.43 Å². The van der Waals surface area contributed by atoms with E-state index in [0.29, 0.717) is 27.4 Å². The highest BCUT2D eigenvalue weighted by Gasteiger charge is 2.19. The van der Waals surface area contributed by atoms with E-state index in [1.165, 1.54) is 0 Å². The summed E-state index contributed by atoms with van der Waals surface area (Å²) in [5.74, 6) is 0.606. The van der Waals surface area contributed by atoms with Crippen LogP contribution in [-0.2, 0) is 0 Å². The van der Waals surface area contributed by atoms with Crippen molar-refractivity contribution in [3.05, 3.63) is 92.4 Å². The van der Waals surface area contributed by atoms with Gasteiger partial charge in [-0.1, -0.05) is 48.0 Å². The summed E-state index contributed by atoms with van der Waals surface area (Å²) in [5, 5.41) is 4.54. The molecule has 2 aromatic heterocycles. The molecule has 4 aromatic rings. The molecule has 4 nitrogen and oxygen atoms in total. The third kappa shape index (κ3) is 3.71. The maximum Gasteiger partial charge on any atom is 0.196 e. The van der Waals surface area contributed by atoms with Crippen LogP contribution in [0.15, 0.2) is 63.8 Å². The lowest BCUT2D eigenvalue weighted by Gasteiger charge is -2.19. The topological polar surface area (TPSA) is 55.1 Å². The second-order valence-electron chi connectivity index (χ2n) is 7.62. The van der Waals surface area contributed by atoms with Gasteiger partial charge < -0.3 is 9.73 Å². The summed E-state index contributed by atoms with van der Waals surface area (Å²) in [7, 11) is 0. The number of hydrogen-bond donors (Lipinski definition) is 1. The number of aryl methyl sites for hydroxylation is 2. The molecule has 1 N–H and O–H groups in total. The number of aromatic nitrogens is 1. The molecule has 5 heteroatoms. The minimum absolute atomic E-state index is 0.00315. The molecule has 0 aliphatic heterocycles. The third-order valence-corrected chi connectivity index (χ3v) is 5.53. The molecule has 0 bridgehead atoms. The number of anilines is 1. The normalized spacial score (nSPS) is 12.2. The first-order chi connectivity index (χ1) is 14.3. The Bertz CT molecular complexity index is 1300. The summed E-state index contributed by atoms with van der Waals surface area (Å²) in [6.45, 7) is 7.77. The zero-order valence-corrected chi connectivity index (χ0v) is 18.2. The van der Waals surface area contributed by atoms with Crippen molar-refractivity contribution in [1.29, 1.82) is 0 Å². The lowest BCUT2D eigenvalue weighted by molar-refractivity contribution is 0.605. The van der Waals surface area contributed by atoms with Crippen LogP contribution in [0, 0.1) is 20.8 Å². The molecule has 4 rings (SSSR count). The van der Waals surface area contributed by atoms with Crippen LogP contribution < -0.4 is 10.7 Å². The summed E-state index contributed by atoms with van der Waals surface area (Å²) in [5.41, 5.74) is 5.74. The van der Waals surface area contributed by atoms with E-state index in [4.69, 9.17) is 16.0 Å². The highest BCUT2D eigenvalue weighted by atomic mass is 35.5. The molecule has 0 amide bonds. The van der Waals surface area contributed by atoms with E-state index in [-0.39, 0.29) is 11.5 Å². The standard InChI is InChI=1S/C25H23ClN2O2/c1-14-12-19(16(3)27-21-10-11-22(26)28-17(21)4)25-20(13-14)23(29)15(2)24(30-25)18-8-6-5-7-9-18/h5-13,16,27H,1-4H3/t16-/m1/s1. The lowest BCUT2D eigenvalue weighted by Crippen LogP contribution is -2.13. The molecule has 2 aromatic carbocycles. The summed E-state index contributed by atoms with van der Waals surface area (Å²) >= 11 is 5.99. The van der Waals surface area contributed by atoms with Crippen molar-refractivity contribution in [2.24, 2.45) is 0 Å². The maximum atomic E-state index is 13.2. The van der Waals surface area contributed by atoms with Gasteiger partial charge in [0.05, 0.1) is 22.8 Å². The number of nitrogens with zero attached hydrogens (tertiary/aromatic N) is 1. The van der Waals surface area contributed by atoms with Crippen molar-refractivity contribution in [3.8, 4) is 11.3 Å². The van der Waals surface area contributed by atoms with E-state index in [1.807, 2.05) is 70.2 Å². The van der Waals surface area contributed by atoms with Gasteiger partial charge >= 0.3 is 0 Å². The number of rotatable bonds is 4. The van der Waals surface area contributed by atoms with Crippen LogP contribution in [0.3, 0.4) is 0 Å². The van der Waals surface area contributed by atoms with Gasteiger partial charge in [-0.05, 0) is 51.5 Å². The first-order valence-corrected chi connectivity index (χ1v) is 10.3. The Balaban J connectivity index is 1.89. The molecule has 0 saturated heterocycles. The van der Waals surface area contributed by atoms with Crippen LogP contribution in [0.5, 0.6) is 0 Å². The maximum absolute atomic E-state index is 13.2. The van der Waals surface area contributed by atoms with Crippen LogP contribution in [0.1, 0.15) is 35.3 Å². The third-order valence-electron chi connectivity index (χ3n) is 5.32. The Hall–Kier alpha value is -3.11. The molecular formula is C25H23ClN2O2. The molecule has 1 atom stereocenters. The predicted octanol–water partition coefficient (Wildman–Crippen LogP) is 6.61. The van der Waals surface area contributed by atoms with Gasteiger partial charge in [-0.15, -0.1) is 0 Å². The Morgan fingerprint density at radius 2 is 1.77 bits per heavy atom. The summed E-state index contributed by atoms with van der Waals surface area (Å²) in [6.07, 6.45) is 0. The van der Waals surface area contributed by atoms with Crippen molar-refractivity contribution >= 4 is 28.3 Å². The smallest absolute Gasteiger partial charge is 0.196 e. The molecule has 0 radical (unpaired) electrons. The van der Waals surface area contributed by atoms with Gasteiger partial charge in [-0.3, -0.25) is 4.79 Å². The molecule has 0 aliphatic rings. The van der Waals surface area contributed by atoms with Gasteiger partial charge in [-0.2, -0.15) is 0 Å². The molecule has 0 aliphatic carbocycles. The summed E-state index contributed by atoms with van der Waals surface area (Å²) in [4.78, 5) is 17.5. The minimum Gasteiger partial charge on any atom is -0.455 e. The Kier molecular flexibility index (Phi) is 5.35. The number of halogens is 1. The average molecular weight is 419 g/mol. The molecule has 0 unspecified atom stereocenters. The highest BCUT2D eigenvalue weighted by Crippen LogP contribution is 2.32. The average Bonchev–Trinajstić information content (AvgIpc) is 2.73. The van der Waals surface area contributed by atoms with Crippen LogP contribution in [0.25, 0.3) is 22.3 Å². The summed E-state index contributed by atoms with van der Waals surface area (Å²) in [6, 6.07) is 17.3. The van der Waals surface area contributed by atoms with E-state index < -0.39 is 0 Å². The van der Waals surface area contributed by atoms with E-state index in [0.717, 1.165) is 28.1 Å². The van der Waals surface area contributed by atoms with Crippen molar-refractivity contribution in [3.63, 3.8) is 0 Å². The molecule has 0 fully saturated rings. The molecule has 2 heterocycles. The van der Waals surface area contributed by atoms with Crippen LogP contribution in [0.4, 0.5) is 5.69 Å². The van der Waals surface area contributed by atoms with Crippen LogP contribution >= 0.6 is 11.6 Å². The second kappa shape index (κ2) is 7.96. The van der Waals surface area contributed by atoms with Gasteiger partial charge in [0.2, 0.25) is 0 Å². The largest absolute Gasteiger partial charge is 0.455 e. The van der Waals surface area contributed by atoms with E-state index in [1.54, 1.807) is 6.07 Å². The van der Waals surface area contributed by atoms with Gasteiger partial charge in [-0.25, -0.2) is 4.98 Å². The zero-order valence-electron chi connectivity index (χ0n) is 17.4. The molecule has 0 saturated carbocycles. The molecule has 152 valence electrons. The second-order valence-corrected chi connectivity index (χ2v) is 8.00. The number of hydrogen-bond acceptors (Lipinski definition) is 4. The Labute approximate surface area is 180 Å². The first-order valence-electron chi connectivity index (χ1n) is 9.88. The number of nitrogens with one attached hydrogen (secondary N) is 1. The highest BCUT2D eigenvalue weighted by molar-refractivity contribution is 6.29. The summed E-state index contributed by atoms with van der Waals surface area (Å²) < 4.78 is 6.38. The fourth-order valence-electron chi connectivity index (χ4n) is 3.75. The quantitative estimate of drug-likeness (QED) is 0.379. The van der Waals surface area contributed by atoms with E-state index in [2.05, 4.69) is 16.4 Å². The zero-order chi connectivity index (χ0) is 21.4. The lowest BCUT2D eigenvalue weighted by atomic mass is 9.99. The van der Waals surface area contributed by atoms with E-state index in [9.17, 15) is 4.79 Å². The van der Waals surface area contributed by atoms with Gasteiger partial charge in [0.25, 0.3) is 0 Å². The number of pyridine rings is 1. The van der Waals surface area contributed by atoms with Gasteiger partial charge in [0.1, 0.15) is 16.5 Å². The van der Waals surface area contributed by atoms with Crippen molar-refractivity contribution in [1.82, 2.24) is 4.98 Å². The van der Waals surface area contributed by atoms with Crippen LogP contribution in [0.2, 0.25) is 5.15 Å². The number of fused-ring (bicyclic) bond motifs is 1. The van der Waals surface area contributed by atoms with Crippen molar-refractivity contribution < 1.29 is 4.42 Å². The monoisotopic (exact) mass is 418 g/mol. The Morgan fingerprint density at radius 1 is 1.03 bits per heavy atom. The number of benzene rings is 2. The molecule has 30 heavy (non-hydrogen) atoms. The molecular weight excluding hydrogens is 396 g/mol. The van der Waals surface area contributed by atoms with Gasteiger partial charge in [0, 0.05) is 16.7 Å². The fourth-order valence-corrected chi connectivity index (χ4v) is 3.94. The van der Waals surface area contributed by atoms with Crippen molar-refractivity contribution in [2.75, 3.05) is 5.32 Å². The first kappa shape index (κ1) is 20.2.